The van der Waals surface area contributed by atoms with Crippen molar-refractivity contribution < 1.29 is 14.7 Å². The van der Waals surface area contributed by atoms with Crippen molar-refractivity contribution in [2.45, 2.75) is 18.9 Å². The summed E-state index contributed by atoms with van der Waals surface area (Å²) >= 11 is 0. The van der Waals surface area contributed by atoms with Gasteiger partial charge in [-0.15, -0.1) is 0 Å². The number of carbonyl (C=O) groups excluding carboxylic acids is 1. The number of nitrogens with zero attached hydrogens (tertiary/aromatic N) is 1. The van der Waals surface area contributed by atoms with Crippen molar-refractivity contribution in [3.05, 3.63) is 24.0 Å². The van der Waals surface area contributed by atoms with E-state index in [1.165, 1.54) is 6.20 Å². The highest BCUT2D eigenvalue weighted by Gasteiger charge is 2.12. The number of hydrogen-bond donors (Lipinski definition) is 4. The standard InChI is InChI=1S/C10H16N4O3/c11-8(10(16)17)2-1-4-14-5-3-7(6-13-14)9(12)15/h3,5-6,8,13H,1-2,4,11H2,(H2,12,15)(H,16,17)/t8-/m0/s1. The topological polar surface area (TPSA) is 122 Å². The zero-order valence-electron chi connectivity index (χ0n) is 9.30. The molecule has 7 heteroatoms. The molecule has 0 saturated heterocycles. The third-order valence-electron chi connectivity index (χ3n) is 2.34. The first-order valence-electron chi connectivity index (χ1n) is 5.20. The van der Waals surface area contributed by atoms with Gasteiger partial charge in [0.1, 0.15) is 6.04 Å². The van der Waals surface area contributed by atoms with Gasteiger partial charge in [0.05, 0.1) is 5.57 Å². The molecular formula is C10H16N4O3. The summed E-state index contributed by atoms with van der Waals surface area (Å²) in [6.45, 7) is 0.597. The van der Waals surface area contributed by atoms with E-state index in [9.17, 15) is 9.59 Å². The van der Waals surface area contributed by atoms with Gasteiger partial charge in [-0.05, 0) is 18.9 Å². The van der Waals surface area contributed by atoms with Crippen molar-refractivity contribution in [2.24, 2.45) is 11.5 Å². The number of nitrogens with one attached hydrogen (secondary N) is 1. The Hall–Kier alpha value is -2.02. The molecule has 1 atom stereocenters. The largest absolute Gasteiger partial charge is 0.480 e. The number of amides is 1. The highest BCUT2D eigenvalue weighted by molar-refractivity contribution is 5.94. The summed E-state index contributed by atoms with van der Waals surface area (Å²) < 4.78 is 0. The molecule has 0 bridgehead atoms. The smallest absolute Gasteiger partial charge is 0.320 e. The Morgan fingerprint density at radius 3 is 2.71 bits per heavy atom. The van der Waals surface area contributed by atoms with Gasteiger partial charge in [-0.25, -0.2) is 0 Å². The first kappa shape index (κ1) is 13.0. The van der Waals surface area contributed by atoms with E-state index in [-0.39, 0.29) is 0 Å². The van der Waals surface area contributed by atoms with Gasteiger partial charge in [0.2, 0.25) is 5.91 Å². The quantitative estimate of drug-likeness (QED) is 0.466. The van der Waals surface area contributed by atoms with E-state index in [1.54, 1.807) is 17.3 Å². The van der Waals surface area contributed by atoms with E-state index in [4.69, 9.17) is 16.6 Å². The van der Waals surface area contributed by atoms with Gasteiger partial charge in [0.15, 0.2) is 0 Å². The van der Waals surface area contributed by atoms with Crippen LogP contribution in [0.25, 0.3) is 0 Å². The van der Waals surface area contributed by atoms with Crippen LogP contribution < -0.4 is 16.9 Å². The molecule has 0 spiro atoms. The molecule has 94 valence electrons. The van der Waals surface area contributed by atoms with Crippen molar-refractivity contribution in [3.63, 3.8) is 0 Å². The summed E-state index contributed by atoms with van der Waals surface area (Å²) in [6, 6.07) is -0.833. The maximum Gasteiger partial charge on any atom is 0.320 e. The maximum absolute atomic E-state index is 10.8. The van der Waals surface area contributed by atoms with Crippen LogP contribution >= 0.6 is 0 Å². The lowest BCUT2D eigenvalue weighted by Gasteiger charge is -2.23. The molecule has 1 rings (SSSR count). The van der Waals surface area contributed by atoms with E-state index >= 15 is 0 Å². The number of carboxylic acids is 1. The Kier molecular flexibility index (Phi) is 4.53. The van der Waals surface area contributed by atoms with E-state index in [1.807, 2.05) is 0 Å². The molecule has 0 aromatic carbocycles. The Balaban J connectivity index is 2.26. The molecule has 6 N–H and O–H groups in total. The molecule has 0 unspecified atom stereocenters. The summed E-state index contributed by atoms with van der Waals surface area (Å²) in [5.41, 5.74) is 13.7. The third-order valence-corrected chi connectivity index (χ3v) is 2.34. The average molecular weight is 240 g/mol. The summed E-state index contributed by atoms with van der Waals surface area (Å²) in [5, 5.41) is 10.3. The minimum absolute atomic E-state index is 0.392. The van der Waals surface area contributed by atoms with Gasteiger partial charge < -0.3 is 22.0 Å². The summed E-state index contributed by atoms with van der Waals surface area (Å²) in [5.74, 6) is -1.50. The minimum atomic E-state index is -0.997. The maximum atomic E-state index is 10.8. The fraction of sp³-hybridized carbons (Fsp3) is 0.400. The van der Waals surface area contributed by atoms with Crippen LogP contribution in [0, 0.1) is 0 Å². The molecule has 1 aliphatic heterocycles. The predicted octanol–water partition coefficient (Wildman–Crippen LogP) is -1.12. The lowest BCUT2D eigenvalue weighted by Crippen LogP contribution is -2.35. The van der Waals surface area contributed by atoms with Crippen molar-refractivity contribution in [2.75, 3.05) is 6.54 Å². The number of nitrogens with two attached hydrogens (primary N) is 2. The summed E-state index contributed by atoms with van der Waals surface area (Å²) in [6.07, 6.45) is 5.79. The SMILES string of the molecule is NC(=O)C1=CNN(CCC[C@H](N)C(=O)O)C=C1. The van der Waals surface area contributed by atoms with E-state index in [2.05, 4.69) is 5.43 Å². The van der Waals surface area contributed by atoms with Crippen molar-refractivity contribution in [1.82, 2.24) is 10.4 Å². The average Bonchev–Trinajstić information content (AvgIpc) is 2.29. The molecule has 1 amide bonds. The molecule has 7 nitrogen and oxygen atoms in total. The van der Waals surface area contributed by atoms with Gasteiger partial charge in [-0.2, -0.15) is 0 Å². The second kappa shape index (κ2) is 5.90. The number of carbonyl (C=O) groups is 2. The van der Waals surface area contributed by atoms with E-state index < -0.39 is 17.9 Å². The lowest BCUT2D eigenvalue weighted by molar-refractivity contribution is -0.138. The van der Waals surface area contributed by atoms with Crippen LogP contribution in [0.5, 0.6) is 0 Å². The van der Waals surface area contributed by atoms with E-state index in [0.29, 0.717) is 25.0 Å². The highest BCUT2D eigenvalue weighted by atomic mass is 16.4. The minimum Gasteiger partial charge on any atom is -0.480 e. The molecule has 0 aromatic heterocycles. The summed E-state index contributed by atoms with van der Waals surface area (Å²) in [7, 11) is 0. The van der Waals surface area contributed by atoms with Crippen LogP contribution in [0.15, 0.2) is 24.0 Å². The van der Waals surface area contributed by atoms with Crippen LogP contribution in [0.4, 0.5) is 0 Å². The Bertz CT molecular complexity index is 365. The second-order valence-corrected chi connectivity index (χ2v) is 3.69. The molecule has 17 heavy (non-hydrogen) atoms. The molecule has 0 radical (unpaired) electrons. The second-order valence-electron chi connectivity index (χ2n) is 3.69. The zero-order valence-corrected chi connectivity index (χ0v) is 9.30. The Labute approximate surface area is 98.7 Å². The fourth-order valence-electron chi connectivity index (χ4n) is 1.31. The first-order chi connectivity index (χ1) is 8.00. The molecule has 1 heterocycles. The number of carboxylic acid groups (broad SMARTS) is 1. The van der Waals surface area contributed by atoms with Gasteiger partial charge in [0, 0.05) is 18.9 Å². The number of primary amides is 1. The molecule has 0 saturated carbocycles. The van der Waals surface area contributed by atoms with Crippen molar-refractivity contribution in [3.8, 4) is 0 Å². The van der Waals surface area contributed by atoms with Gasteiger partial charge in [0.25, 0.3) is 0 Å². The van der Waals surface area contributed by atoms with Gasteiger partial charge >= 0.3 is 5.97 Å². The van der Waals surface area contributed by atoms with E-state index in [0.717, 1.165) is 0 Å². The van der Waals surface area contributed by atoms with Crippen LogP contribution in [-0.4, -0.2) is 34.6 Å². The molecule has 0 fully saturated rings. The number of hydrazine groups is 1. The Morgan fingerprint density at radius 2 is 2.24 bits per heavy atom. The lowest BCUT2D eigenvalue weighted by atomic mass is 10.1. The fourth-order valence-corrected chi connectivity index (χ4v) is 1.31. The third kappa shape index (κ3) is 4.15. The van der Waals surface area contributed by atoms with Crippen LogP contribution in [0.1, 0.15) is 12.8 Å². The number of aliphatic carboxylic acids is 1. The highest BCUT2D eigenvalue weighted by Crippen LogP contribution is 2.04. The zero-order chi connectivity index (χ0) is 12.8. The van der Waals surface area contributed by atoms with Crippen molar-refractivity contribution >= 4 is 11.9 Å². The molecular weight excluding hydrogens is 224 g/mol. The monoisotopic (exact) mass is 240 g/mol. The predicted molar refractivity (Wildman–Crippen MR) is 61.1 cm³/mol. The Morgan fingerprint density at radius 1 is 1.53 bits per heavy atom. The summed E-state index contributed by atoms with van der Waals surface area (Å²) in [4.78, 5) is 21.3. The normalized spacial score (nSPS) is 16.1. The van der Waals surface area contributed by atoms with Crippen LogP contribution in [0.2, 0.25) is 0 Å². The van der Waals surface area contributed by atoms with Gasteiger partial charge in [-0.1, -0.05) is 0 Å². The van der Waals surface area contributed by atoms with Crippen LogP contribution in [0.3, 0.4) is 0 Å². The van der Waals surface area contributed by atoms with Crippen LogP contribution in [-0.2, 0) is 9.59 Å². The molecule has 1 aliphatic rings. The molecule has 0 aliphatic carbocycles. The number of hydrogen-bond acceptors (Lipinski definition) is 5. The van der Waals surface area contributed by atoms with Gasteiger partial charge in [-0.3, -0.25) is 14.6 Å². The van der Waals surface area contributed by atoms with Crippen molar-refractivity contribution in [1.29, 1.82) is 0 Å². The first-order valence-corrected chi connectivity index (χ1v) is 5.20. The molecule has 0 aromatic rings. The number of rotatable bonds is 6.